The minimum absolute atomic E-state index is 0.506. The molecule has 0 aliphatic carbocycles. The first-order valence-corrected chi connectivity index (χ1v) is 6.57. The van der Waals surface area contributed by atoms with E-state index in [1.54, 1.807) is 4.68 Å². The van der Waals surface area contributed by atoms with Crippen molar-refractivity contribution in [2.75, 3.05) is 0 Å². The molecule has 6 nitrogen and oxygen atoms in total. The fourth-order valence-corrected chi connectivity index (χ4v) is 2.34. The Labute approximate surface area is 119 Å². The Morgan fingerprint density at radius 2 is 2.24 bits per heavy atom. The van der Waals surface area contributed by atoms with E-state index in [9.17, 15) is 13.6 Å². The molecule has 21 heavy (non-hydrogen) atoms. The number of carbonyl (C=O) groups is 1. The fourth-order valence-electron chi connectivity index (χ4n) is 2.34. The summed E-state index contributed by atoms with van der Waals surface area (Å²) < 4.78 is 29.8. The van der Waals surface area contributed by atoms with Crippen LogP contribution in [0.3, 0.4) is 0 Å². The Morgan fingerprint density at radius 1 is 1.38 bits per heavy atom. The van der Waals surface area contributed by atoms with Crippen LogP contribution in [0.5, 0.6) is 0 Å². The van der Waals surface area contributed by atoms with Gasteiger partial charge in [0.15, 0.2) is 0 Å². The summed E-state index contributed by atoms with van der Waals surface area (Å²) in [5.41, 5.74) is -0.570. The van der Waals surface area contributed by atoms with Crippen LogP contribution in [0, 0.1) is 0 Å². The number of hydrogen-bond acceptors (Lipinski definition) is 4. The number of rotatable bonds is 3. The van der Waals surface area contributed by atoms with Crippen molar-refractivity contribution >= 4 is 5.91 Å². The number of nitrogens with one attached hydrogen (secondary N) is 1. The number of aromatic nitrogens is 4. The second-order valence-electron chi connectivity index (χ2n) is 4.80. The molecular formula is C13H13F2N5O. The molecule has 3 heterocycles. The first kappa shape index (κ1) is 13.6. The standard InChI is InChI=1S/C13H13F2N5O/c14-13(15,10-5-1-2-6-16-10)12(21)19-9-4-3-7-20-11(9)17-8-18-20/h1-2,5-6,8-9H,3-4,7H2,(H,19,21). The lowest BCUT2D eigenvalue weighted by Crippen LogP contribution is -2.42. The van der Waals surface area contributed by atoms with Gasteiger partial charge in [0.25, 0.3) is 5.91 Å². The van der Waals surface area contributed by atoms with Gasteiger partial charge < -0.3 is 5.32 Å². The molecule has 8 heteroatoms. The quantitative estimate of drug-likeness (QED) is 0.929. The van der Waals surface area contributed by atoms with Gasteiger partial charge in [0.1, 0.15) is 17.8 Å². The van der Waals surface area contributed by atoms with Crippen LogP contribution in [0.4, 0.5) is 8.78 Å². The summed E-state index contributed by atoms with van der Waals surface area (Å²) in [6.45, 7) is 0.679. The number of alkyl halides is 2. The van der Waals surface area contributed by atoms with E-state index in [0.29, 0.717) is 18.8 Å². The molecule has 0 saturated heterocycles. The van der Waals surface area contributed by atoms with Gasteiger partial charge in [-0.05, 0) is 25.0 Å². The highest BCUT2D eigenvalue weighted by molar-refractivity contribution is 5.84. The summed E-state index contributed by atoms with van der Waals surface area (Å²) in [4.78, 5) is 19.5. The van der Waals surface area contributed by atoms with Gasteiger partial charge in [-0.3, -0.25) is 9.78 Å². The highest BCUT2D eigenvalue weighted by atomic mass is 19.3. The smallest absolute Gasteiger partial charge is 0.340 e. The van der Waals surface area contributed by atoms with Crippen LogP contribution in [0.1, 0.15) is 30.4 Å². The monoisotopic (exact) mass is 293 g/mol. The van der Waals surface area contributed by atoms with Crippen LogP contribution < -0.4 is 5.32 Å². The Balaban J connectivity index is 1.79. The van der Waals surface area contributed by atoms with Crippen molar-refractivity contribution in [1.82, 2.24) is 25.1 Å². The van der Waals surface area contributed by atoms with Crippen molar-refractivity contribution in [3.8, 4) is 0 Å². The van der Waals surface area contributed by atoms with Crippen LogP contribution >= 0.6 is 0 Å². The molecule has 1 atom stereocenters. The lowest BCUT2D eigenvalue weighted by Gasteiger charge is -2.25. The summed E-state index contributed by atoms with van der Waals surface area (Å²) in [6.07, 6.45) is 3.89. The Kier molecular flexibility index (Phi) is 3.36. The zero-order valence-corrected chi connectivity index (χ0v) is 11.0. The second kappa shape index (κ2) is 5.19. The first-order chi connectivity index (χ1) is 10.1. The minimum Gasteiger partial charge on any atom is -0.340 e. The van der Waals surface area contributed by atoms with E-state index in [-0.39, 0.29) is 0 Å². The lowest BCUT2D eigenvalue weighted by molar-refractivity contribution is -0.148. The van der Waals surface area contributed by atoms with E-state index in [1.807, 2.05) is 0 Å². The number of amides is 1. The number of nitrogens with zero attached hydrogens (tertiary/aromatic N) is 4. The molecule has 1 amide bonds. The van der Waals surface area contributed by atoms with Gasteiger partial charge in [-0.25, -0.2) is 9.67 Å². The van der Waals surface area contributed by atoms with Crippen LogP contribution in [0.15, 0.2) is 30.7 Å². The normalized spacial score (nSPS) is 18.1. The maximum atomic E-state index is 14.1. The SMILES string of the molecule is O=C(NC1CCCn2ncnc21)C(F)(F)c1ccccn1. The molecule has 3 rings (SSSR count). The molecule has 1 aliphatic rings. The van der Waals surface area contributed by atoms with E-state index in [2.05, 4.69) is 20.4 Å². The molecule has 110 valence electrons. The number of halogens is 2. The average Bonchev–Trinajstić information content (AvgIpc) is 2.97. The predicted molar refractivity (Wildman–Crippen MR) is 68.3 cm³/mol. The van der Waals surface area contributed by atoms with Crippen molar-refractivity contribution in [2.24, 2.45) is 0 Å². The van der Waals surface area contributed by atoms with Gasteiger partial charge in [0, 0.05) is 12.7 Å². The van der Waals surface area contributed by atoms with Crippen molar-refractivity contribution in [3.05, 3.63) is 42.2 Å². The number of carbonyl (C=O) groups excluding carboxylic acids is 1. The zero-order chi connectivity index (χ0) is 14.9. The van der Waals surface area contributed by atoms with E-state index in [1.165, 1.54) is 24.7 Å². The molecule has 1 aliphatic heterocycles. The van der Waals surface area contributed by atoms with Gasteiger partial charge in [0.2, 0.25) is 0 Å². The molecule has 0 fully saturated rings. The summed E-state index contributed by atoms with van der Waals surface area (Å²) in [7, 11) is 0. The van der Waals surface area contributed by atoms with E-state index in [0.717, 1.165) is 12.5 Å². The molecule has 0 aromatic carbocycles. The highest BCUT2D eigenvalue weighted by Crippen LogP contribution is 2.29. The third-order valence-corrected chi connectivity index (χ3v) is 3.40. The van der Waals surface area contributed by atoms with Gasteiger partial charge in [0.05, 0.1) is 6.04 Å². The van der Waals surface area contributed by atoms with Crippen LogP contribution in [-0.2, 0) is 17.3 Å². The molecule has 1 unspecified atom stereocenters. The minimum atomic E-state index is -3.68. The summed E-state index contributed by atoms with van der Waals surface area (Å²) >= 11 is 0. The zero-order valence-electron chi connectivity index (χ0n) is 11.0. The highest BCUT2D eigenvalue weighted by Gasteiger charge is 2.43. The first-order valence-electron chi connectivity index (χ1n) is 6.57. The number of pyridine rings is 1. The van der Waals surface area contributed by atoms with Crippen molar-refractivity contribution in [3.63, 3.8) is 0 Å². The number of aryl methyl sites for hydroxylation is 1. The Morgan fingerprint density at radius 3 is 3.00 bits per heavy atom. The van der Waals surface area contributed by atoms with E-state index in [4.69, 9.17) is 0 Å². The largest absolute Gasteiger partial charge is 0.366 e. The summed E-state index contributed by atoms with van der Waals surface area (Å²) in [5.74, 6) is -4.54. The predicted octanol–water partition coefficient (Wildman–Crippen LogP) is 1.42. The van der Waals surface area contributed by atoms with E-state index >= 15 is 0 Å². The van der Waals surface area contributed by atoms with Crippen LogP contribution in [0.25, 0.3) is 0 Å². The molecule has 0 bridgehead atoms. The van der Waals surface area contributed by atoms with Crippen molar-refractivity contribution in [2.45, 2.75) is 31.4 Å². The van der Waals surface area contributed by atoms with Gasteiger partial charge in [-0.15, -0.1) is 0 Å². The Bertz CT molecular complexity index is 643. The average molecular weight is 293 g/mol. The molecule has 0 saturated carbocycles. The third kappa shape index (κ3) is 2.48. The van der Waals surface area contributed by atoms with Gasteiger partial charge in [-0.2, -0.15) is 13.9 Å². The summed E-state index contributed by atoms with van der Waals surface area (Å²) in [6, 6.07) is 3.51. The second-order valence-corrected chi connectivity index (χ2v) is 4.80. The molecule has 0 radical (unpaired) electrons. The lowest BCUT2D eigenvalue weighted by atomic mass is 10.1. The van der Waals surface area contributed by atoms with E-state index < -0.39 is 23.6 Å². The maximum Gasteiger partial charge on any atom is 0.366 e. The van der Waals surface area contributed by atoms with Gasteiger partial charge in [-0.1, -0.05) is 6.07 Å². The molecule has 2 aromatic heterocycles. The number of hydrogen-bond donors (Lipinski definition) is 1. The van der Waals surface area contributed by atoms with Crippen molar-refractivity contribution in [1.29, 1.82) is 0 Å². The number of fused-ring (bicyclic) bond motifs is 1. The maximum absolute atomic E-state index is 14.1. The van der Waals surface area contributed by atoms with Crippen molar-refractivity contribution < 1.29 is 13.6 Å². The van der Waals surface area contributed by atoms with Crippen LogP contribution in [0.2, 0.25) is 0 Å². The summed E-state index contributed by atoms with van der Waals surface area (Å²) in [5, 5.41) is 6.34. The van der Waals surface area contributed by atoms with Gasteiger partial charge >= 0.3 is 5.92 Å². The molecule has 1 N–H and O–H groups in total. The van der Waals surface area contributed by atoms with Crippen LogP contribution in [-0.4, -0.2) is 25.7 Å². The Hall–Kier alpha value is -2.38. The topological polar surface area (TPSA) is 72.7 Å². The molecule has 0 spiro atoms. The molecule has 2 aromatic rings. The fraction of sp³-hybridized carbons (Fsp3) is 0.385. The third-order valence-electron chi connectivity index (χ3n) is 3.40. The molecular weight excluding hydrogens is 280 g/mol.